The summed E-state index contributed by atoms with van der Waals surface area (Å²) in [7, 11) is 1.56. The molecule has 2 rings (SSSR count). The molecule has 27 heavy (non-hydrogen) atoms. The van der Waals surface area contributed by atoms with Crippen LogP contribution >= 0.6 is 11.3 Å². The SMILES string of the molecule is Cc1cc(C(=O)N(C)CC(=O)NCc2cccs2)cc(C)c1OCC(=O)O. The van der Waals surface area contributed by atoms with E-state index in [2.05, 4.69) is 5.32 Å². The van der Waals surface area contributed by atoms with Gasteiger partial charge in [0.1, 0.15) is 5.75 Å². The first-order chi connectivity index (χ1) is 12.8. The molecule has 1 aromatic carbocycles. The average Bonchev–Trinajstić information content (AvgIpc) is 3.11. The Morgan fingerprint density at radius 3 is 2.44 bits per heavy atom. The lowest BCUT2D eigenvalue weighted by molar-refractivity contribution is -0.139. The van der Waals surface area contributed by atoms with Crippen LogP contribution in [0.4, 0.5) is 0 Å². The van der Waals surface area contributed by atoms with Crippen LogP contribution in [0, 0.1) is 13.8 Å². The first kappa shape index (κ1) is 20.4. The van der Waals surface area contributed by atoms with Gasteiger partial charge in [0, 0.05) is 17.5 Å². The van der Waals surface area contributed by atoms with E-state index in [1.807, 2.05) is 17.5 Å². The van der Waals surface area contributed by atoms with E-state index in [0.29, 0.717) is 29.0 Å². The Labute approximate surface area is 161 Å². The molecule has 0 aliphatic carbocycles. The van der Waals surface area contributed by atoms with Crippen LogP contribution in [0.1, 0.15) is 26.4 Å². The number of carbonyl (C=O) groups is 3. The number of likely N-dealkylation sites (N-methyl/N-ethyl adjacent to an activating group) is 1. The molecule has 0 spiro atoms. The number of hydrogen-bond donors (Lipinski definition) is 2. The van der Waals surface area contributed by atoms with Gasteiger partial charge < -0.3 is 20.1 Å². The molecule has 144 valence electrons. The summed E-state index contributed by atoms with van der Waals surface area (Å²) < 4.78 is 5.27. The van der Waals surface area contributed by atoms with E-state index < -0.39 is 12.6 Å². The van der Waals surface area contributed by atoms with Crippen molar-refractivity contribution in [2.24, 2.45) is 0 Å². The van der Waals surface area contributed by atoms with Gasteiger partial charge in [-0.3, -0.25) is 9.59 Å². The van der Waals surface area contributed by atoms with Crippen LogP contribution < -0.4 is 10.1 Å². The average molecular weight is 390 g/mol. The number of benzene rings is 1. The fraction of sp³-hybridized carbons (Fsp3) is 0.316. The second-order valence-electron chi connectivity index (χ2n) is 6.14. The predicted octanol–water partition coefficient (Wildman–Crippen LogP) is 2.22. The van der Waals surface area contributed by atoms with E-state index in [4.69, 9.17) is 9.84 Å². The number of nitrogens with zero attached hydrogens (tertiary/aromatic N) is 1. The van der Waals surface area contributed by atoms with Crippen LogP contribution in [0.25, 0.3) is 0 Å². The van der Waals surface area contributed by atoms with Crippen molar-refractivity contribution in [1.29, 1.82) is 0 Å². The normalized spacial score (nSPS) is 10.3. The molecule has 7 nitrogen and oxygen atoms in total. The first-order valence-corrected chi connectivity index (χ1v) is 9.16. The second-order valence-corrected chi connectivity index (χ2v) is 7.17. The predicted molar refractivity (Wildman–Crippen MR) is 102 cm³/mol. The number of hydrogen-bond acceptors (Lipinski definition) is 5. The minimum Gasteiger partial charge on any atom is -0.481 e. The summed E-state index contributed by atoms with van der Waals surface area (Å²) in [5.41, 5.74) is 1.74. The molecule has 0 radical (unpaired) electrons. The van der Waals surface area contributed by atoms with Crippen molar-refractivity contribution in [3.05, 3.63) is 51.2 Å². The highest BCUT2D eigenvalue weighted by Gasteiger charge is 2.18. The van der Waals surface area contributed by atoms with Crippen molar-refractivity contribution in [3.63, 3.8) is 0 Å². The minimum atomic E-state index is -1.07. The highest BCUT2D eigenvalue weighted by molar-refractivity contribution is 7.09. The van der Waals surface area contributed by atoms with E-state index >= 15 is 0 Å². The van der Waals surface area contributed by atoms with Gasteiger partial charge in [0.2, 0.25) is 5.91 Å². The molecular weight excluding hydrogens is 368 g/mol. The zero-order chi connectivity index (χ0) is 20.0. The molecule has 0 aliphatic rings. The molecule has 2 amide bonds. The fourth-order valence-corrected chi connectivity index (χ4v) is 3.24. The summed E-state index contributed by atoms with van der Waals surface area (Å²) in [4.78, 5) is 37.7. The monoisotopic (exact) mass is 390 g/mol. The topological polar surface area (TPSA) is 95.9 Å². The maximum atomic E-state index is 12.6. The van der Waals surface area contributed by atoms with Crippen LogP contribution in [-0.4, -0.2) is 48.0 Å². The molecule has 1 heterocycles. The van der Waals surface area contributed by atoms with Crippen LogP contribution in [0.2, 0.25) is 0 Å². The number of carboxylic acid groups (broad SMARTS) is 1. The number of thiophene rings is 1. The van der Waals surface area contributed by atoms with Crippen LogP contribution in [0.15, 0.2) is 29.6 Å². The van der Waals surface area contributed by atoms with Gasteiger partial charge in [0.05, 0.1) is 13.1 Å². The molecule has 0 fully saturated rings. The van der Waals surface area contributed by atoms with Gasteiger partial charge in [-0.05, 0) is 48.6 Å². The maximum absolute atomic E-state index is 12.6. The maximum Gasteiger partial charge on any atom is 0.341 e. The smallest absolute Gasteiger partial charge is 0.341 e. The van der Waals surface area contributed by atoms with Crippen LogP contribution in [0.3, 0.4) is 0 Å². The number of rotatable bonds is 8. The standard InChI is InChI=1S/C19H22N2O5S/c1-12-7-14(8-13(2)18(12)26-11-17(23)24)19(25)21(3)10-16(22)20-9-15-5-4-6-27-15/h4-8H,9-11H2,1-3H3,(H,20,22)(H,23,24). The summed E-state index contributed by atoms with van der Waals surface area (Å²) in [5.74, 6) is -1.15. The van der Waals surface area contributed by atoms with Crippen molar-refractivity contribution in [2.45, 2.75) is 20.4 Å². The molecule has 0 bridgehead atoms. The molecule has 0 saturated carbocycles. The fourth-order valence-electron chi connectivity index (χ4n) is 2.60. The summed E-state index contributed by atoms with van der Waals surface area (Å²) in [5, 5.41) is 13.5. The number of amides is 2. The van der Waals surface area contributed by atoms with Gasteiger partial charge in [0.25, 0.3) is 5.91 Å². The molecule has 0 saturated heterocycles. The quantitative estimate of drug-likeness (QED) is 0.721. The Hall–Kier alpha value is -2.87. The van der Waals surface area contributed by atoms with Crippen molar-refractivity contribution < 1.29 is 24.2 Å². The van der Waals surface area contributed by atoms with Gasteiger partial charge in [-0.25, -0.2) is 4.79 Å². The van der Waals surface area contributed by atoms with E-state index in [-0.39, 0.29) is 18.4 Å². The first-order valence-electron chi connectivity index (χ1n) is 8.28. The lowest BCUT2D eigenvalue weighted by Gasteiger charge is -2.18. The van der Waals surface area contributed by atoms with Crippen molar-refractivity contribution in [2.75, 3.05) is 20.2 Å². The van der Waals surface area contributed by atoms with Gasteiger partial charge >= 0.3 is 5.97 Å². The largest absolute Gasteiger partial charge is 0.481 e. The molecule has 0 atom stereocenters. The van der Waals surface area contributed by atoms with Crippen molar-refractivity contribution in [3.8, 4) is 5.75 Å². The second kappa shape index (κ2) is 9.18. The highest BCUT2D eigenvalue weighted by Crippen LogP contribution is 2.25. The molecule has 8 heteroatoms. The number of carboxylic acids is 1. The zero-order valence-corrected chi connectivity index (χ0v) is 16.3. The zero-order valence-electron chi connectivity index (χ0n) is 15.4. The van der Waals surface area contributed by atoms with Gasteiger partial charge in [0.15, 0.2) is 6.61 Å². The van der Waals surface area contributed by atoms with Crippen molar-refractivity contribution in [1.82, 2.24) is 10.2 Å². The van der Waals surface area contributed by atoms with E-state index in [1.165, 1.54) is 4.90 Å². The number of aliphatic carboxylic acids is 1. The number of nitrogens with one attached hydrogen (secondary N) is 1. The van der Waals surface area contributed by atoms with E-state index in [1.54, 1.807) is 44.4 Å². The minimum absolute atomic E-state index is 0.0560. The van der Waals surface area contributed by atoms with E-state index in [9.17, 15) is 14.4 Å². The number of carbonyl (C=O) groups excluding carboxylic acids is 2. The molecular formula is C19H22N2O5S. The van der Waals surface area contributed by atoms with Crippen molar-refractivity contribution >= 4 is 29.1 Å². The Balaban J connectivity index is 1.98. The summed E-state index contributed by atoms with van der Waals surface area (Å²) in [6, 6.07) is 7.11. The number of ether oxygens (including phenoxy) is 1. The molecule has 1 aromatic heterocycles. The van der Waals surface area contributed by atoms with Crippen LogP contribution in [0.5, 0.6) is 5.75 Å². The lowest BCUT2D eigenvalue weighted by Crippen LogP contribution is -2.38. The highest BCUT2D eigenvalue weighted by atomic mass is 32.1. The Morgan fingerprint density at radius 1 is 1.22 bits per heavy atom. The molecule has 2 aromatic rings. The van der Waals surface area contributed by atoms with Gasteiger partial charge in [-0.15, -0.1) is 11.3 Å². The Morgan fingerprint density at radius 2 is 1.89 bits per heavy atom. The Bertz CT molecular complexity index is 810. The molecule has 0 aliphatic heterocycles. The third-order valence-electron chi connectivity index (χ3n) is 3.81. The summed E-state index contributed by atoms with van der Waals surface area (Å²) in [6.07, 6.45) is 0. The third-order valence-corrected chi connectivity index (χ3v) is 4.69. The summed E-state index contributed by atoms with van der Waals surface area (Å²) in [6.45, 7) is 3.43. The summed E-state index contributed by atoms with van der Waals surface area (Å²) >= 11 is 1.55. The Kier molecular flexibility index (Phi) is 6.95. The van der Waals surface area contributed by atoms with Gasteiger partial charge in [-0.1, -0.05) is 6.07 Å². The lowest BCUT2D eigenvalue weighted by atomic mass is 10.0. The van der Waals surface area contributed by atoms with Crippen LogP contribution in [-0.2, 0) is 16.1 Å². The number of aryl methyl sites for hydroxylation is 2. The van der Waals surface area contributed by atoms with Gasteiger partial charge in [-0.2, -0.15) is 0 Å². The third kappa shape index (κ3) is 5.82. The molecule has 0 unspecified atom stereocenters. The molecule has 2 N–H and O–H groups in total. The van der Waals surface area contributed by atoms with E-state index in [0.717, 1.165) is 4.88 Å².